The molecule has 0 spiro atoms. The average molecular weight is 430 g/mol. The predicted molar refractivity (Wildman–Crippen MR) is 123 cm³/mol. The van der Waals surface area contributed by atoms with E-state index in [2.05, 4.69) is 15.2 Å². The van der Waals surface area contributed by atoms with E-state index in [1.165, 1.54) is 19.3 Å². The molecule has 2 aliphatic carbocycles. The molecule has 0 saturated heterocycles. The SMILES string of the molecule is CC(=O)c1c[nH]c2c(=O)n(-c3ccccc3)cc(C3CC3)c12.Cn1cnnc1C1CCC1. The molecule has 6 rings (SSSR count). The number of Topliss-reactive ketones (excluding diaryl/α,β-unsaturated/α-hetero) is 1. The quantitative estimate of drug-likeness (QED) is 0.485. The molecule has 0 unspecified atom stereocenters. The Morgan fingerprint density at radius 3 is 2.41 bits per heavy atom. The van der Waals surface area contributed by atoms with Crippen LogP contribution >= 0.6 is 0 Å². The highest BCUT2D eigenvalue weighted by Gasteiger charge is 2.29. The average Bonchev–Trinajstić information content (AvgIpc) is 3.36. The van der Waals surface area contributed by atoms with Crippen molar-refractivity contribution in [2.45, 2.75) is 50.9 Å². The molecule has 0 aliphatic heterocycles. The largest absolute Gasteiger partial charge is 0.356 e. The van der Waals surface area contributed by atoms with Gasteiger partial charge in [0.25, 0.3) is 5.56 Å². The Balaban J connectivity index is 0.000000180. The van der Waals surface area contributed by atoms with E-state index in [-0.39, 0.29) is 11.3 Å². The zero-order valence-corrected chi connectivity index (χ0v) is 18.4. The lowest BCUT2D eigenvalue weighted by Crippen LogP contribution is -2.19. The van der Waals surface area contributed by atoms with Gasteiger partial charge < -0.3 is 9.55 Å². The molecular formula is C25H27N5O2. The van der Waals surface area contributed by atoms with E-state index in [9.17, 15) is 9.59 Å². The van der Waals surface area contributed by atoms with Crippen molar-refractivity contribution in [1.82, 2.24) is 24.3 Å². The maximum absolute atomic E-state index is 12.8. The van der Waals surface area contributed by atoms with Gasteiger partial charge in [-0.25, -0.2) is 0 Å². The minimum Gasteiger partial charge on any atom is -0.356 e. The van der Waals surface area contributed by atoms with Crippen LogP contribution in [-0.4, -0.2) is 30.1 Å². The van der Waals surface area contributed by atoms with E-state index in [1.807, 2.05) is 48.1 Å². The number of nitrogens with zero attached hydrogens (tertiary/aromatic N) is 4. The number of H-pyrrole nitrogens is 1. The van der Waals surface area contributed by atoms with Gasteiger partial charge in [-0.3, -0.25) is 14.2 Å². The topological polar surface area (TPSA) is 85.6 Å². The van der Waals surface area contributed by atoms with Crippen molar-refractivity contribution in [3.05, 3.63) is 76.4 Å². The zero-order valence-electron chi connectivity index (χ0n) is 18.4. The summed E-state index contributed by atoms with van der Waals surface area (Å²) in [5, 5.41) is 8.70. The Kier molecular flexibility index (Phi) is 5.25. The lowest BCUT2D eigenvalue weighted by molar-refractivity contribution is 0.101. The molecule has 1 N–H and O–H groups in total. The van der Waals surface area contributed by atoms with Gasteiger partial charge in [-0.1, -0.05) is 24.6 Å². The number of pyridine rings is 1. The molecule has 2 saturated carbocycles. The Bertz CT molecular complexity index is 1320. The van der Waals surface area contributed by atoms with Crippen molar-refractivity contribution in [3.8, 4) is 5.69 Å². The summed E-state index contributed by atoms with van der Waals surface area (Å²) in [5.41, 5.74) is 2.98. The monoisotopic (exact) mass is 429 g/mol. The van der Waals surface area contributed by atoms with Crippen LogP contribution in [0.1, 0.15) is 72.6 Å². The number of para-hydroxylation sites is 1. The highest BCUT2D eigenvalue weighted by molar-refractivity contribution is 6.08. The number of aromatic amines is 1. The van der Waals surface area contributed by atoms with E-state index < -0.39 is 0 Å². The second kappa shape index (κ2) is 8.22. The van der Waals surface area contributed by atoms with Crippen LogP contribution < -0.4 is 5.56 Å². The van der Waals surface area contributed by atoms with E-state index in [4.69, 9.17) is 0 Å². The second-order valence-electron chi connectivity index (χ2n) is 8.81. The lowest BCUT2D eigenvalue weighted by atomic mass is 9.85. The van der Waals surface area contributed by atoms with Crippen LogP contribution in [0, 0.1) is 0 Å². The van der Waals surface area contributed by atoms with Gasteiger partial charge in [0, 0.05) is 42.0 Å². The summed E-state index contributed by atoms with van der Waals surface area (Å²) in [6.45, 7) is 1.54. The molecule has 4 aromatic rings. The lowest BCUT2D eigenvalue weighted by Gasteiger charge is -2.23. The third-order valence-corrected chi connectivity index (χ3v) is 6.52. The van der Waals surface area contributed by atoms with Gasteiger partial charge in [0.1, 0.15) is 17.7 Å². The van der Waals surface area contributed by atoms with Gasteiger partial charge in [0.05, 0.1) is 0 Å². The van der Waals surface area contributed by atoms with Crippen LogP contribution in [0.15, 0.2) is 53.8 Å². The first-order valence-corrected chi connectivity index (χ1v) is 11.2. The number of benzene rings is 1. The minimum atomic E-state index is -0.113. The summed E-state index contributed by atoms with van der Waals surface area (Å²) in [6.07, 6.45) is 11.5. The summed E-state index contributed by atoms with van der Waals surface area (Å²) >= 11 is 0. The van der Waals surface area contributed by atoms with Gasteiger partial charge in [-0.05, 0) is 56.2 Å². The van der Waals surface area contributed by atoms with Crippen LogP contribution in [0.25, 0.3) is 16.6 Å². The maximum Gasteiger partial charge on any atom is 0.279 e. The van der Waals surface area contributed by atoms with Crippen molar-refractivity contribution < 1.29 is 4.79 Å². The number of hydrogen-bond acceptors (Lipinski definition) is 4. The Labute approximate surface area is 186 Å². The predicted octanol–water partition coefficient (Wildman–Crippen LogP) is 4.48. The molecule has 32 heavy (non-hydrogen) atoms. The van der Waals surface area contributed by atoms with Crippen LogP contribution in [0.3, 0.4) is 0 Å². The van der Waals surface area contributed by atoms with Crippen LogP contribution in [0.2, 0.25) is 0 Å². The molecule has 7 nitrogen and oxygen atoms in total. The normalized spacial score (nSPS) is 15.8. The fourth-order valence-corrected chi connectivity index (χ4v) is 4.36. The molecule has 3 aromatic heterocycles. The molecule has 0 radical (unpaired) electrons. The number of ketones is 1. The fraction of sp³-hybridized carbons (Fsp3) is 0.360. The van der Waals surface area contributed by atoms with Crippen molar-refractivity contribution in [3.63, 3.8) is 0 Å². The van der Waals surface area contributed by atoms with Crippen molar-refractivity contribution in [2.24, 2.45) is 7.05 Å². The molecule has 2 aliphatic rings. The summed E-state index contributed by atoms with van der Waals surface area (Å²) in [4.78, 5) is 27.7. The molecule has 0 amide bonds. The van der Waals surface area contributed by atoms with E-state index in [1.54, 1.807) is 24.0 Å². The second-order valence-corrected chi connectivity index (χ2v) is 8.81. The minimum absolute atomic E-state index is 0.00925. The number of aryl methyl sites for hydroxylation is 1. The molecule has 0 bridgehead atoms. The third kappa shape index (κ3) is 3.68. The molecule has 7 heteroatoms. The van der Waals surface area contributed by atoms with Gasteiger partial charge in [0.15, 0.2) is 5.78 Å². The number of hydrogen-bond donors (Lipinski definition) is 1. The number of nitrogens with one attached hydrogen (secondary N) is 1. The fourth-order valence-electron chi connectivity index (χ4n) is 4.36. The van der Waals surface area contributed by atoms with Gasteiger partial charge in [-0.2, -0.15) is 0 Å². The Morgan fingerprint density at radius 2 is 1.84 bits per heavy atom. The summed E-state index contributed by atoms with van der Waals surface area (Å²) in [7, 11) is 2.01. The first-order valence-electron chi connectivity index (χ1n) is 11.2. The number of carbonyl (C=O) groups excluding carboxylic acids is 1. The summed E-state index contributed by atoms with van der Waals surface area (Å²) in [6, 6.07) is 9.59. The van der Waals surface area contributed by atoms with Crippen LogP contribution in [-0.2, 0) is 7.05 Å². The molecule has 164 valence electrons. The summed E-state index contributed by atoms with van der Waals surface area (Å²) < 4.78 is 3.69. The zero-order chi connectivity index (χ0) is 22.2. The number of aromatic nitrogens is 5. The van der Waals surface area contributed by atoms with Gasteiger partial charge in [-0.15, -0.1) is 10.2 Å². The molecule has 2 fully saturated rings. The third-order valence-electron chi connectivity index (χ3n) is 6.52. The highest BCUT2D eigenvalue weighted by atomic mass is 16.1. The van der Waals surface area contributed by atoms with E-state index >= 15 is 0 Å². The van der Waals surface area contributed by atoms with Crippen molar-refractivity contribution >= 4 is 16.7 Å². The maximum atomic E-state index is 12.8. The smallest absolute Gasteiger partial charge is 0.279 e. The Hall–Kier alpha value is -3.48. The first kappa shape index (κ1) is 20.4. The Morgan fingerprint density at radius 1 is 1.09 bits per heavy atom. The standard InChI is InChI=1S/C18H16N2O2.C7H11N3/c1-11(21)14-9-19-17-16(14)15(12-7-8-12)10-20(18(17)22)13-5-3-2-4-6-13;1-10-5-8-9-7(10)6-3-2-4-6/h2-6,9-10,12,19H,7-8H2,1H3;5-6H,2-4H2,1H3. The number of rotatable bonds is 4. The van der Waals surface area contributed by atoms with Crippen LogP contribution in [0.5, 0.6) is 0 Å². The first-order chi connectivity index (χ1) is 15.5. The van der Waals surface area contributed by atoms with Gasteiger partial charge >= 0.3 is 0 Å². The molecule has 1 aromatic carbocycles. The van der Waals surface area contributed by atoms with E-state index in [0.717, 1.165) is 35.3 Å². The highest BCUT2D eigenvalue weighted by Crippen LogP contribution is 2.43. The van der Waals surface area contributed by atoms with Crippen molar-refractivity contribution in [2.75, 3.05) is 0 Å². The van der Waals surface area contributed by atoms with Crippen LogP contribution in [0.4, 0.5) is 0 Å². The van der Waals surface area contributed by atoms with E-state index in [0.29, 0.717) is 22.9 Å². The molecule has 3 heterocycles. The summed E-state index contributed by atoms with van der Waals surface area (Å²) in [5.74, 6) is 2.30. The number of fused-ring (bicyclic) bond motifs is 1. The van der Waals surface area contributed by atoms with Crippen molar-refractivity contribution in [1.29, 1.82) is 0 Å². The number of carbonyl (C=O) groups is 1. The molecule has 0 atom stereocenters. The molecular weight excluding hydrogens is 402 g/mol. The van der Waals surface area contributed by atoms with Gasteiger partial charge in [0.2, 0.25) is 0 Å².